The average Bonchev–Trinajstić information content (AvgIpc) is 2.73. The van der Waals surface area contributed by atoms with Gasteiger partial charge in [0.1, 0.15) is 0 Å². The number of rotatable bonds is 2. The van der Waals surface area contributed by atoms with Crippen LogP contribution in [0.25, 0.3) is 0 Å². The summed E-state index contributed by atoms with van der Waals surface area (Å²) in [6, 6.07) is -0.248. The summed E-state index contributed by atoms with van der Waals surface area (Å²) in [5, 5.41) is 10.9. The fourth-order valence-corrected chi connectivity index (χ4v) is 3.24. The van der Waals surface area contributed by atoms with E-state index in [0.29, 0.717) is 17.8 Å². The van der Waals surface area contributed by atoms with Gasteiger partial charge >= 0.3 is 0 Å². The van der Waals surface area contributed by atoms with Crippen molar-refractivity contribution in [3.63, 3.8) is 0 Å². The van der Waals surface area contributed by atoms with E-state index in [1.54, 1.807) is 0 Å². The molecule has 0 aliphatic heterocycles. The van der Waals surface area contributed by atoms with E-state index in [-0.39, 0.29) is 16.9 Å². The van der Waals surface area contributed by atoms with Crippen molar-refractivity contribution in [1.29, 1.82) is 0 Å². The molecule has 3 nitrogen and oxygen atoms in total. The number of hydrogen-bond donors (Lipinski definition) is 0. The van der Waals surface area contributed by atoms with Crippen molar-refractivity contribution in [1.82, 2.24) is 0 Å². The molecule has 0 heterocycles. The summed E-state index contributed by atoms with van der Waals surface area (Å²) in [7, 11) is 0. The van der Waals surface area contributed by atoms with Crippen LogP contribution in [0.5, 0.6) is 0 Å². The Morgan fingerprint density at radius 3 is 2.54 bits per heavy atom. The van der Waals surface area contributed by atoms with E-state index in [2.05, 4.69) is 12.2 Å². The molecule has 2 fully saturated rings. The van der Waals surface area contributed by atoms with Gasteiger partial charge in [0.2, 0.25) is 6.04 Å². The quantitative estimate of drug-likeness (QED) is 0.369. The molecule has 13 heavy (non-hydrogen) atoms. The Kier molecular flexibility index (Phi) is 1.35. The lowest BCUT2D eigenvalue weighted by molar-refractivity contribution is -0.536. The summed E-state index contributed by atoms with van der Waals surface area (Å²) >= 11 is 0. The Morgan fingerprint density at radius 1 is 1.23 bits per heavy atom. The maximum Gasteiger partial charge on any atom is 0.222 e. The minimum absolute atomic E-state index is 0.0306. The van der Waals surface area contributed by atoms with Crippen LogP contribution in [-0.4, -0.2) is 11.0 Å². The first-order valence-electron chi connectivity index (χ1n) is 5.09. The molecule has 0 spiro atoms. The first kappa shape index (κ1) is 7.54. The summed E-state index contributed by atoms with van der Waals surface area (Å²) in [6.07, 6.45) is 7.79. The van der Waals surface area contributed by atoms with Gasteiger partial charge in [-0.2, -0.15) is 0 Å². The molecule has 4 atom stereocenters. The normalized spacial score (nSPS) is 47.1. The summed E-state index contributed by atoms with van der Waals surface area (Å²) < 4.78 is 0. The van der Waals surface area contributed by atoms with E-state index in [9.17, 15) is 10.1 Å². The Balaban J connectivity index is 1.91. The zero-order valence-electron chi connectivity index (χ0n) is 7.43. The van der Waals surface area contributed by atoms with E-state index in [1.807, 2.05) is 0 Å². The van der Waals surface area contributed by atoms with Gasteiger partial charge in [-0.15, -0.1) is 0 Å². The van der Waals surface area contributed by atoms with Crippen LogP contribution in [0.1, 0.15) is 19.3 Å². The predicted molar refractivity (Wildman–Crippen MR) is 47.7 cm³/mol. The summed E-state index contributed by atoms with van der Waals surface area (Å²) in [5.41, 5.74) is 0. The topological polar surface area (TPSA) is 43.1 Å². The molecule has 0 saturated heterocycles. The predicted octanol–water partition coefficient (Wildman–Crippen LogP) is 1.86. The second-order valence-electron chi connectivity index (χ2n) is 4.64. The monoisotopic (exact) mass is 179 g/mol. The van der Waals surface area contributed by atoms with Gasteiger partial charge in [0.05, 0.1) is 0 Å². The molecule has 0 aromatic heterocycles. The molecule has 70 valence electrons. The van der Waals surface area contributed by atoms with E-state index in [1.165, 1.54) is 12.8 Å². The van der Waals surface area contributed by atoms with Crippen molar-refractivity contribution < 1.29 is 4.92 Å². The average molecular weight is 179 g/mol. The molecule has 3 rings (SSSR count). The minimum Gasteiger partial charge on any atom is -0.264 e. The van der Waals surface area contributed by atoms with Gasteiger partial charge in [-0.1, -0.05) is 12.2 Å². The van der Waals surface area contributed by atoms with Crippen molar-refractivity contribution in [3.8, 4) is 0 Å². The summed E-state index contributed by atoms with van der Waals surface area (Å²) in [4.78, 5) is 10.9. The van der Waals surface area contributed by atoms with Crippen molar-refractivity contribution in [2.24, 2.45) is 23.7 Å². The number of hydrogen-bond acceptors (Lipinski definition) is 2. The molecule has 2 bridgehead atoms. The molecule has 0 aromatic rings. The maximum absolute atomic E-state index is 10.9. The van der Waals surface area contributed by atoms with Gasteiger partial charge in [0.15, 0.2) is 0 Å². The summed E-state index contributed by atoms with van der Waals surface area (Å²) in [6.45, 7) is 0. The van der Waals surface area contributed by atoms with E-state index in [4.69, 9.17) is 0 Å². The highest BCUT2D eigenvalue weighted by molar-refractivity contribution is 5.16. The van der Waals surface area contributed by atoms with Gasteiger partial charge in [-0.3, -0.25) is 10.1 Å². The summed E-state index contributed by atoms with van der Waals surface area (Å²) in [5.74, 6) is 1.85. The van der Waals surface area contributed by atoms with Crippen LogP contribution in [0, 0.1) is 33.8 Å². The van der Waals surface area contributed by atoms with Crippen LogP contribution >= 0.6 is 0 Å². The van der Waals surface area contributed by atoms with Gasteiger partial charge < -0.3 is 0 Å². The molecule has 0 unspecified atom stereocenters. The molecular weight excluding hydrogens is 166 g/mol. The fraction of sp³-hybridized carbons (Fsp3) is 0.800. The van der Waals surface area contributed by atoms with Crippen LogP contribution < -0.4 is 0 Å². The number of nitro groups is 1. The smallest absolute Gasteiger partial charge is 0.222 e. The lowest BCUT2D eigenvalue weighted by atomic mass is 9.85. The third-order valence-corrected chi connectivity index (χ3v) is 3.89. The maximum atomic E-state index is 10.9. The molecule has 0 aromatic carbocycles. The van der Waals surface area contributed by atoms with Crippen LogP contribution in [0.3, 0.4) is 0 Å². The molecule has 0 radical (unpaired) electrons. The van der Waals surface area contributed by atoms with Gasteiger partial charge in [0.25, 0.3) is 0 Å². The Morgan fingerprint density at radius 2 is 1.92 bits per heavy atom. The second kappa shape index (κ2) is 2.34. The minimum atomic E-state index is -0.248. The molecular formula is C10H13NO2. The number of fused-ring (bicyclic) bond motifs is 2. The Bertz CT molecular complexity index is 283. The lowest BCUT2D eigenvalue weighted by Crippen LogP contribution is -2.33. The highest BCUT2D eigenvalue weighted by Gasteiger charge is 2.56. The molecule has 3 heteroatoms. The second-order valence-corrected chi connectivity index (χ2v) is 4.64. The van der Waals surface area contributed by atoms with E-state index >= 15 is 0 Å². The Labute approximate surface area is 77.0 Å². The highest BCUT2D eigenvalue weighted by Crippen LogP contribution is 2.54. The van der Waals surface area contributed by atoms with Crippen LogP contribution in [0.15, 0.2) is 12.2 Å². The lowest BCUT2D eigenvalue weighted by Gasteiger charge is -2.20. The molecule has 0 N–H and O–H groups in total. The zero-order valence-corrected chi connectivity index (χ0v) is 7.43. The van der Waals surface area contributed by atoms with E-state index in [0.717, 1.165) is 6.42 Å². The van der Waals surface area contributed by atoms with Crippen molar-refractivity contribution in [2.75, 3.05) is 0 Å². The molecule has 0 amide bonds. The van der Waals surface area contributed by atoms with Crippen LogP contribution in [0.4, 0.5) is 0 Å². The molecule has 3 aliphatic carbocycles. The van der Waals surface area contributed by atoms with Crippen LogP contribution in [-0.2, 0) is 0 Å². The molecule has 3 aliphatic rings. The van der Waals surface area contributed by atoms with Crippen molar-refractivity contribution in [3.05, 3.63) is 22.3 Å². The largest absolute Gasteiger partial charge is 0.264 e. The standard InChI is InChI=1S/C10H13NO2/c12-11(13)10-8-4-3-7(5-8)9(10)6-1-2-6/h3-4,6-10H,1-2,5H2/t7-,8+,9+,10+/m0/s1. The van der Waals surface area contributed by atoms with Gasteiger partial charge in [-0.25, -0.2) is 0 Å². The number of nitrogens with zero attached hydrogens (tertiary/aromatic N) is 1. The van der Waals surface area contributed by atoms with Crippen molar-refractivity contribution >= 4 is 0 Å². The van der Waals surface area contributed by atoms with E-state index < -0.39 is 0 Å². The molecule has 2 saturated carbocycles. The highest BCUT2D eigenvalue weighted by atomic mass is 16.6. The van der Waals surface area contributed by atoms with Crippen molar-refractivity contribution in [2.45, 2.75) is 25.3 Å². The Hall–Kier alpha value is -0.860. The van der Waals surface area contributed by atoms with Gasteiger partial charge in [0, 0.05) is 16.8 Å². The fourth-order valence-electron chi connectivity index (χ4n) is 3.24. The number of allylic oxidation sites excluding steroid dienone is 1. The first-order chi connectivity index (χ1) is 6.27. The SMILES string of the molecule is O=[N+]([O-])[C@H]1[C@H](C2CC2)[C@H]2C=C[C@@H]1C2. The zero-order chi connectivity index (χ0) is 9.00. The first-order valence-corrected chi connectivity index (χ1v) is 5.09. The third kappa shape index (κ3) is 0.960. The van der Waals surface area contributed by atoms with Gasteiger partial charge in [-0.05, 0) is 31.1 Å². The third-order valence-electron chi connectivity index (χ3n) is 3.89. The van der Waals surface area contributed by atoms with Crippen LogP contribution in [0.2, 0.25) is 0 Å².